The van der Waals surface area contributed by atoms with Crippen LogP contribution in [0.25, 0.3) is 0 Å². The molecule has 4 aliphatic carbocycles. The van der Waals surface area contributed by atoms with Gasteiger partial charge in [0.05, 0.1) is 6.10 Å². The predicted molar refractivity (Wildman–Crippen MR) is 87.1 cm³/mol. The Morgan fingerprint density at radius 2 is 2.05 bits per heavy atom. The molecule has 0 bridgehead atoms. The number of hydrogen-bond donors (Lipinski definition) is 3. The maximum Gasteiger partial charge on any atom is 0.115 e. The molecule has 0 saturated heterocycles. The molecule has 0 aromatic rings. The summed E-state index contributed by atoms with van der Waals surface area (Å²) in [5.41, 5.74) is 7.72. The SMILES string of the molecule is C[C@]12CC[C@H]3[C@@H](CC=C4C=C(O)C=C[C@@]43C)[C@@H]1C[C@@H](O)[C@H]2N. The maximum absolute atomic E-state index is 10.3. The van der Waals surface area contributed by atoms with Crippen LogP contribution in [-0.4, -0.2) is 22.4 Å². The van der Waals surface area contributed by atoms with Crippen LogP contribution in [0.2, 0.25) is 0 Å². The number of aliphatic hydroxyl groups excluding tert-OH is 2. The van der Waals surface area contributed by atoms with E-state index in [1.807, 2.05) is 12.2 Å². The minimum atomic E-state index is -0.349. The lowest BCUT2D eigenvalue weighted by atomic mass is 9.49. The average Bonchev–Trinajstić information content (AvgIpc) is 2.72. The van der Waals surface area contributed by atoms with E-state index in [-0.39, 0.29) is 23.0 Å². The standard InChI is InChI=1S/C19H27NO2/c1-18-7-5-12(21)9-11(18)3-4-13-14(18)6-8-19(2)15(13)10-16(22)17(19)20/h3,5,7,9,13-17,21-22H,4,6,8,10,20H2,1-2H3/t13-,14+,15+,16-,17-,18+,19+/m1/s1. The van der Waals surface area contributed by atoms with Gasteiger partial charge in [0.15, 0.2) is 0 Å². The molecule has 4 aliphatic rings. The third-order valence-electron chi connectivity index (χ3n) is 7.45. The number of aliphatic hydroxyl groups is 2. The lowest BCUT2D eigenvalue weighted by molar-refractivity contribution is -0.00688. The molecule has 4 N–H and O–H groups in total. The van der Waals surface area contributed by atoms with Crippen molar-refractivity contribution in [1.29, 1.82) is 0 Å². The first-order valence-electron chi connectivity index (χ1n) is 8.60. The van der Waals surface area contributed by atoms with Crippen LogP contribution in [0.15, 0.2) is 35.6 Å². The molecule has 22 heavy (non-hydrogen) atoms. The highest BCUT2D eigenvalue weighted by Crippen LogP contribution is 2.63. The van der Waals surface area contributed by atoms with Gasteiger partial charge >= 0.3 is 0 Å². The largest absolute Gasteiger partial charge is 0.508 e. The highest BCUT2D eigenvalue weighted by Gasteiger charge is 2.59. The van der Waals surface area contributed by atoms with E-state index in [9.17, 15) is 10.2 Å². The quantitative estimate of drug-likeness (QED) is 0.644. The molecule has 7 atom stereocenters. The Balaban J connectivity index is 1.73. The first-order chi connectivity index (χ1) is 10.4. The zero-order chi connectivity index (χ0) is 15.7. The molecule has 0 amide bonds. The second-order valence-corrected chi connectivity index (χ2v) is 8.33. The van der Waals surface area contributed by atoms with Gasteiger partial charge < -0.3 is 15.9 Å². The fourth-order valence-electron chi connectivity index (χ4n) is 6.01. The van der Waals surface area contributed by atoms with Gasteiger partial charge in [-0.05, 0) is 66.6 Å². The smallest absolute Gasteiger partial charge is 0.115 e. The van der Waals surface area contributed by atoms with E-state index >= 15 is 0 Å². The summed E-state index contributed by atoms with van der Waals surface area (Å²) in [6, 6.07) is -0.0810. The molecule has 2 fully saturated rings. The second kappa shape index (κ2) is 4.48. The summed E-state index contributed by atoms with van der Waals surface area (Å²) in [7, 11) is 0. The third kappa shape index (κ3) is 1.70. The topological polar surface area (TPSA) is 66.5 Å². The molecule has 0 heterocycles. The summed E-state index contributed by atoms with van der Waals surface area (Å²) < 4.78 is 0. The minimum absolute atomic E-state index is 0.0219. The van der Waals surface area contributed by atoms with Gasteiger partial charge in [-0.15, -0.1) is 0 Å². The van der Waals surface area contributed by atoms with E-state index in [1.54, 1.807) is 0 Å². The van der Waals surface area contributed by atoms with E-state index in [2.05, 4.69) is 26.0 Å². The van der Waals surface area contributed by atoms with Crippen molar-refractivity contribution in [1.82, 2.24) is 0 Å². The van der Waals surface area contributed by atoms with Crippen molar-refractivity contribution in [2.45, 2.75) is 51.7 Å². The number of nitrogens with two attached hydrogens (primary N) is 1. The van der Waals surface area contributed by atoms with Crippen LogP contribution in [0.5, 0.6) is 0 Å². The Hall–Kier alpha value is -1.06. The van der Waals surface area contributed by atoms with Gasteiger partial charge in [0.1, 0.15) is 5.76 Å². The van der Waals surface area contributed by atoms with Crippen molar-refractivity contribution in [2.24, 2.45) is 34.3 Å². The van der Waals surface area contributed by atoms with Crippen molar-refractivity contribution in [3.8, 4) is 0 Å². The average molecular weight is 301 g/mol. The molecular formula is C19H27NO2. The second-order valence-electron chi connectivity index (χ2n) is 8.33. The fraction of sp³-hybridized carbons (Fsp3) is 0.684. The van der Waals surface area contributed by atoms with E-state index in [0.29, 0.717) is 23.5 Å². The number of hydrogen-bond acceptors (Lipinski definition) is 3. The molecule has 0 radical (unpaired) electrons. The molecule has 0 aromatic carbocycles. The van der Waals surface area contributed by atoms with E-state index < -0.39 is 0 Å². The zero-order valence-corrected chi connectivity index (χ0v) is 13.5. The highest BCUT2D eigenvalue weighted by molar-refractivity contribution is 5.43. The normalized spacial score (nSPS) is 53.2. The maximum atomic E-state index is 10.3. The van der Waals surface area contributed by atoms with Gasteiger partial charge in [0.2, 0.25) is 0 Å². The first-order valence-corrected chi connectivity index (χ1v) is 8.60. The van der Waals surface area contributed by atoms with Crippen molar-refractivity contribution < 1.29 is 10.2 Å². The van der Waals surface area contributed by atoms with Crippen molar-refractivity contribution in [2.75, 3.05) is 0 Å². The Morgan fingerprint density at radius 1 is 1.27 bits per heavy atom. The lowest BCUT2D eigenvalue weighted by Crippen LogP contribution is -2.51. The monoisotopic (exact) mass is 301 g/mol. The molecule has 0 spiro atoms. The minimum Gasteiger partial charge on any atom is -0.508 e. The summed E-state index contributed by atoms with van der Waals surface area (Å²) in [6.07, 6.45) is 12.1. The molecule has 120 valence electrons. The van der Waals surface area contributed by atoms with Crippen molar-refractivity contribution in [3.05, 3.63) is 35.6 Å². The van der Waals surface area contributed by atoms with Crippen LogP contribution in [0.1, 0.15) is 39.5 Å². The van der Waals surface area contributed by atoms with Gasteiger partial charge in [-0.1, -0.05) is 26.0 Å². The van der Waals surface area contributed by atoms with Gasteiger partial charge in [-0.25, -0.2) is 0 Å². The van der Waals surface area contributed by atoms with Crippen LogP contribution < -0.4 is 5.73 Å². The van der Waals surface area contributed by atoms with Crippen molar-refractivity contribution in [3.63, 3.8) is 0 Å². The molecule has 3 heteroatoms. The predicted octanol–water partition coefficient (Wildman–Crippen LogP) is 3.08. The summed E-state index contributed by atoms with van der Waals surface area (Å²) in [6.45, 7) is 4.60. The number of rotatable bonds is 0. The summed E-state index contributed by atoms with van der Waals surface area (Å²) in [4.78, 5) is 0. The summed E-state index contributed by atoms with van der Waals surface area (Å²) in [5, 5.41) is 20.1. The van der Waals surface area contributed by atoms with Gasteiger partial charge in [-0.3, -0.25) is 0 Å². The Bertz CT molecular complexity index is 592. The molecule has 0 aromatic heterocycles. The van der Waals surface area contributed by atoms with Crippen LogP contribution >= 0.6 is 0 Å². The van der Waals surface area contributed by atoms with E-state index in [0.717, 1.165) is 25.7 Å². The Kier molecular flexibility index (Phi) is 2.96. The van der Waals surface area contributed by atoms with Gasteiger partial charge in [-0.2, -0.15) is 0 Å². The van der Waals surface area contributed by atoms with E-state index in [1.165, 1.54) is 5.57 Å². The van der Waals surface area contributed by atoms with Gasteiger partial charge in [0, 0.05) is 11.5 Å². The molecule has 4 rings (SSSR count). The van der Waals surface area contributed by atoms with Crippen molar-refractivity contribution >= 4 is 0 Å². The van der Waals surface area contributed by atoms with Crippen LogP contribution in [0.3, 0.4) is 0 Å². The zero-order valence-electron chi connectivity index (χ0n) is 13.5. The van der Waals surface area contributed by atoms with Crippen LogP contribution in [-0.2, 0) is 0 Å². The lowest BCUT2D eigenvalue weighted by Gasteiger charge is -2.55. The third-order valence-corrected chi connectivity index (χ3v) is 7.45. The Labute approximate surface area is 132 Å². The number of fused-ring (bicyclic) bond motifs is 5. The fourth-order valence-corrected chi connectivity index (χ4v) is 6.01. The van der Waals surface area contributed by atoms with Crippen LogP contribution in [0, 0.1) is 28.6 Å². The number of allylic oxidation sites excluding steroid dienone is 5. The molecule has 0 unspecified atom stereocenters. The summed E-state index contributed by atoms with van der Waals surface area (Å²) >= 11 is 0. The molecule has 0 aliphatic heterocycles. The van der Waals surface area contributed by atoms with Gasteiger partial charge in [0.25, 0.3) is 0 Å². The van der Waals surface area contributed by atoms with E-state index in [4.69, 9.17) is 5.73 Å². The highest BCUT2D eigenvalue weighted by atomic mass is 16.3. The molecule has 3 nitrogen and oxygen atoms in total. The molecule has 2 saturated carbocycles. The molecular weight excluding hydrogens is 274 g/mol. The van der Waals surface area contributed by atoms with Crippen LogP contribution in [0.4, 0.5) is 0 Å². The first kappa shape index (κ1) is 14.5. The summed E-state index contributed by atoms with van der Waals surface area (Å²) in [5.74, 6) is 2.05. The Morgan fingerprint density at radius 3 is 2.82 bits per heavy atom.